The van der Waals surface area contributed by atoms with Crippen LogP contribution in [-0.4, -0.2) is 35.0 Å². The molecule has 0 amide bonds. The molecule has 30 heavy (non-hydrogen) atoms. The highest BCUT2D eigenvalue weighted by atomic mass is 32.2. The summed E-state index contributed by atoms with van der Waals surface area (Å²) in [4.78, 5) is 0. The molecule has 4 nitrogen and oxygen atoms in total. The Hall–Kier alpha value is -0.123. The van der Waals surface area contributed by atoms with E-state index in [1.54, 1.807) is 0 Å². The Bertz CT molecular complexity index is 558. The fourth-order valence-electron chi connectivity index (χ4n) is 2.86. The van der Waals surface area contributed by atoms with Crippen molar-refractivity contribution in [1.29, 1.82) is 0 Å². The van der Waals surface area contributed by atoms with Gasteiger partial charge >= 0.3 is 15.6 Å². The summed E-state index contributed by atoms with van der Waals surface area (Å²) >= 11 is 0. The number of halogens is 3. The van der Waals surface area contributed by atoms with Gasteiger partial charge in [-0.2, -0.15) is 21.6 Å². The predicted octanol–water partition coefficient (Wildman–Crippen LogP) is 7.55. The Kier molecular flexibility index (Phi) is 13.4. The third kappa shape index (κ3) is 12.1. The van der Waals surface area contributed by atoms with E-state index in [1.165, 1.54) is 38.5 Å². The lowest BCUT2D eigenvalue weighted by Crippen LogP contribution is -2.45. The molecule has 1 atom stereocenters. The minimum absolute atomic E-state index is 0.133. The standard InChI is InChI=1S/C21H43F3O4SSi/c1-7-8-9-10-11-12-13-14-15-16-17-19(28-30(5,6)20(2,3)4)18-27-29(25,26)21(22,23)24/h19H,7-18H2,1-6H3/t19-/m0/s1. The van der Waals surface area contributed by atoms with Crippen molar-refractivity contribution in [3.05, 3.63) is 0 Å². The third-order valence-electron chi connectivity index (χ3n) is 5.84. The summed E-state index contributed by atoms with van der Waals surface area (Å²) in [5.41, 5.74) is -5.41. The van der Waals surface area contributed by atoms with E-state index < -0.39 is 36.7 Å². The van der Waals surface area contributed by atoms with Crippen LogP contribution in [-0.2, 0) is 18.7 Å². The van der Waals surface area contributed by atoms with E-state index in [4.69, 9.17) is 4.43 Å². The second-order valence-corrected chi connectivity index (χ2v) is 16.0. The molecule has 0 heterocycles. The minimum atomic E-state index is -5.60. The molecular weight excluding hydrogens is 433 g/mol. The predicted molar refractivity (Wildman–Crippen MR) is 119 cm³/mol. The van der Waals surface area contributed by atoms with Gasteiger partial charge in [-0.15, -0.1) is 0 Å². The molecule has 0 spiro atoms. The van der Waals surface area contributed by atoms with Gasteiger partial charge in [-0.1, -0.05) is 91.9 Å². The highest BCUT2D eigenvalue weighted by Crippen LogP contribution is 2.38. The molecule has 0 radical (unpaired) electrons. The Morgan fingerprint density at radius 3 is 1.67 bits per heavy atom. The van der Waals surface area contributed by atoms with Gasteiger partial charge in [-0.3, -0.25) is 4.18 Å². The molecule has 0 aliphatic rings. The normalized spacial score (nSPS) is 14.8. The second kappa shape index (κ2) is 13.4. The Morgan fingerprint density at radius 1 is 0.833 bits per heavy atom. The van der Waals surface area contributed by atoms with Crippen molar-refractivity contribution >= 4 is 18.4 Å². The third-order valence-corrected chi connectivity index (χ3v) is 11.4. The molecule has 182 valence electrons. The first-order valence-corrected chi connectivity index (χ1v) is 15.6. The van der Waals surface area contributed by atoms with Crippen LogP contribution in [0, 0.1) is 0 Å². The van der Waals surface area contributed by atoms with Crippen LogP contribution in [0.2, 0.25) is 18.1 Å². The molecule has 0 saturated heterocycles. The SMILES string of the molecule is CCCCCCCCCCCC[C@@H](COS(=O)(=O)C(F)(F)F)O[Si](C)(C)C(C)(C)C. The maximum Gasteiger partial charge on any atom is 0.523 e. The molecule has 0 aromatic carbocycles. The molecule has 0 aromatic heterocycles. The zero-order valence-corrected chi connectivity index (χ0v) is 21.6. The van der Waals surface area contributed by atoms with Crippen LogP contribution in [0.15, 0.2) is 0 Å². The van der Waals surface area contributed by atoms with Gasteiger partial charge in [0.05, 0.1) is 12.7 Å². The number of alkyl halides is 3. The summed E-state index contributed by atoms with van der Waals surface area (Å²) in [6.45, 7) is 11.7. The van der Waals surface area contributed by atoms with Crippen LogP contribution in [0.1, 0.15) is 98.3 Å². The van der Waals surface area contributed by atoms with Crippen molar-refractivity contribution in [3.8, 4) is 0 Å². The van der Waals surface area contributed by atoms with Crippen molar-refractivity contribution in [2.45, 2.75) is 128 Å². The Labute approximate surface area is 183 Å². The van der Waals surface area contributed by atoms with Crippen molar-refractivity contribution in [1.82, 2.24) is 0 Å². The topological polar surface area (TPSA) is 52.6 Å². The van der Waals surface area contributed by atoms with Gasteiger partial charge in [-0.25, -0.2) is 0 Å². The maximum atomic E-state index is 12.6. The van der Waals surface area contributed by atoms with Gasteiger partial charge in [0.1, 0.15) is 0 Å². The molecule has 0 N–H and O–H groups in total. The second-order valence-electron chi connectivity index (χ2n) is 9.66. The summed E-state index contributed by atoms with van der Waals surface area (Å²) < 4.78 is 70.8. The van der Waals surface area contributed by atoms with E-state index in [0.717, 1.165) is 25.7 Å². The zero-order chi connectivity index (χ0) is 23.5. The molecule has 9 heteroatoms. The highest BCUT2D eigenvalue weighted by molar-refractivity contribution is 7.87. The lowest BCUT2D eigenvalue weighted by atomic mass is 10.0. The Morgan fingerprint density at radius 2 is 1.27 bits per heavy atom. The van der Waals surface area contributed by atoms with Crippen molar-refractivity contribution in [2.75, 3.05) is 6.61 Å². The summed E-state index contributed by atoms with van der Waals surface area (Å²) in [5, 5.41) is -0.133. The number of hydrogen-bond donors (Lipinski definition) is 0. The van der Waals surface area contributed by atoms with Crippen molar-refractivity contribution in [3.63, 3.8) is 0 Å². The van der Waals surface area contributed by atoms with E-state index in [-0.39, 0.29) is 5.04 Å². The van der Waals surface area contributed by atoms with Crippen molar-refractivity contribution < 1.29 is 30.2 Å². The average Bonchev–Trinajstić information content (AvgIpc) is 2.59. The van der Waals surface area contributed by atoms with E-state index in [9.17, 15) is 21.6 Å². The first-order chi connectivity index (χ1) is 13.6. The molecule has 0 aliphatic heterocycles. The first-order valence-electron chi connectivity index (χ1n) is 11.3. The summed E-state index contributed by atoms with van der Waals surface area (Å²) in [6.07, 6.45) is 11.4. The van der Waals surface area contributed by atoms with E-state index in [1.807, 2.05) is 33.9 Å². The van der Waals surface area contributed by atoms with Gasteiger partial charge in [-0.05, 0) is 24.6 Å². The maximum absolute atomic E-state index is 12.6. The molecule has 0 saturated carbocycles. The molecule has 0 rings (SSSR count). The van der Waals surface area contributed by atoms with Gasteiger partial charge in [0.15, 0.2) is 8.32 Å². The van der Waals surface area contributed by atoms with Crippen molar-refractivity contribution in [2.24, 2.45) is 0 Å². The highest BCUT2D eigenvalue weighted by Gasteiger charge is 2.48. The lowest BCUT2D eigenvalue weighted by Gasteiger charge is -2.39. The fraction of sp³-hybridized carbons (Fsp3) is 1.00. The van der Waals surface area contributed by atoms with Gasteiger partial charge in [0.25, 0.3) is 0 Å². The lowest BCUT2D eigenvalue weighted by molar-refractivity contribution is -0.0563. The molecule has 0 bridgehead atoms. The Balaban J connectivity index is 4.55. The molecule has 0 unspecified atom stereocenters. The smallest absolute Gasteiger partial charge is 0.412 e. The summed E-state index contributed by atoms with van der Waals surface area (Å²) in [6, 6.07) is 0. The van der Waals surface area contributed by atoms with Gasteiger partial charge < -0.3 is 4.43 Å². The first kappa shape index (κ1) is 29.9. The largest absolute Gasteiger partial charge is 0.523 e. The average molecular weight is 477 g/mol. The van der Waals surface area contributed by atoms with E-state index in [2.05, 4.69) is 11.1 Å². The molecule has 0 aliphatic carbocycles. The molecule has 0 fully saturated rings. The monoisotopic (exact) mass is 476 g/mol. The molecular formula is C21H43F3O4SSi. The van der Waals surface area contributed by atoms with Crippen LogP contribution < -0.4 is 0 Å². The van der Waals surface area contributed by atoms with Crippen LogP contribution in [0.3, 0.4) is 0 Å². The van der Waals surface area contributed by atoms with E-state index >= 15 is 0 Å². The zero-order valence-electron chi connectivity index (χ0n) is 19.7. The van der Waals surface area contributed by atoms with Crippen LogP contribution in [0.4, 0.5) is 13.2 Å². The number of hydrogen-bond acceptors (Lipinski definition) is 4. The van der Waals surface area contributed by atoms with Gasteiger partial charge in [0, 0.05) is 0 Å². The van der Waals surface area contributed by atoms with Crippen LogP contribution in [0.25, 0.3) is 0 Å². The number of unbranched alkanes of at least 4 members (excludes halogenated alkanes) is 9. The summed E-state index contributed by atoms with van der Waals surface area (Å²) in [5.74, 6) is 0. The van der Waals surface area contributed by atoms with Crippen LogP contribution >= 0.6 is 0 Å². The fourth-order valence-corrected chi connectivity index (χ4v) is 4.70. The van der Waals surface area contributed by atoms with E-state index in [0.29, 0.717) is 6.42 Å². The minimum Gasteiger partial charge on any atom is -0.412 e. The number of rotatable bonds is 16. The van der Waals surface area contributed by atoms with Gasteiger partial charge in [0.2, 0.25) is 0 Å². The quantitative estimate of drug-likeness (QED) is 0.0998. The summed E-state index contributed by atoms with van der Waals surface area (Å²) in [7, 11) is -7.86. The van der Waals surface area contributed by atoms with Crippen LogP contribution in [0.5, 0.6) is 0 Å². The molecule has 0 aromatic rings.